The van der Waals surface area contributed by atoms with Gasteiger partial charge in [-0.2, -0.15) is 0 Å². The van der Waals surface area contributed by atoms with Gasteiger partial charge in [0.15, 0.2) is 0 Å². The van der Waals surface area contributed by atoms with E-state index < -0.39 is 0 Å². The number of aromatic hydroxyl groups is 1. The Morgan fingerprint density at radius 2 is 1.77 bits per heavy atom. The summed E-state index contributed by atoms with van der Waals surface area (Å²) in [7, 11) is 0. The van der Waals surface area contributed by atoms with E-state index in [1.54, 1.807) is 6.07 Å². The van der Waals surface area contributed by atoms with Gasteiger partial charge in [-0.25, -0.2) is 0 Å². The third-order valence-corrected chi connectivity index (χ3v) is 1.56. The first-order valence-corrected chi connectivity index (χ1v) is 4.31. The lowest BCUT2D eigenvalue weighted by Crippen LogP contribution is -1.85. The molecule has 0 saturated carbocycles. The maximum absolute atomic E-state index is 9.28. The van der Waals surface area contributed by atoms with Crippen molar-refractivity contribution in [3.63, 3.8) is 0 Å². The Morgan fingerprint density at radius 1 is 1.31 bits per heavy atom. The highest BCUT2D eigenvalue weighted by Crippen LogP contribution is 2.23. The minimum Gasteiger partial charge on any atom is -0.508 e. The third-order valence-electron chi connectivity index (χ3n) is 1.56. The molecule has 1 rings (SSSR count). The number of aldehydes is 1. The number of phenols is 1. The molecule has 2 nitrogen and oxygen atoms in total. The average Bonchev–Trinajstić information content (AvgIpc) is 2.06. The van der Waals surface area contributed by atoms with E-state index in [4.69, 9.17) is 4.79 Å². The van der Waals surface area contributed by atoms with Gasteiger partial charge in [0.1, 0.15) is 12.0 Å². The van der Waals surface area contributed by atoms with E-state index in [0.29, 0.717) is 11.7 Å². The van der Waals surface area contributed by atoms with Crippen LogP contribution in [0.1, 0.15) is 32.3 Å². The summed E-state index contributed by atoms with van der Waals surface area (Å²) in [6.45, 7) is 5.57. The predicted molar refractivity (Wildman–Crippen MR) is 53.9 cm³/mol. The minimum absolute atomic E-state index is 0.400. The molecule has 0 aliphatic rings. The molecule has 0 aromatic heterocycles. The maximum atomic E-state index is 9.28. The molecular formula is C11H16O2. The van der Waals surface area contributed by atoms with Gasteiger partial charge in [0, 0.05) is 0 Å². The van der Waals surface area contributed by atoms with Gasteiger partial charge >= 0.3 is 0 Å². The number of hydrogen-bond donors (Lipinski definition) is 1. The molecule has 0 bridgehead atoms. The van der Waals surface area contributed by atoms with Gasteiger partial charge in [-0.05, 0) is 24.5 Å². The summed E-state index contributed by atoms with van der Waals surface area (Å²) in [4.78, 5) is 8.81. The van der Waals surface area contributed by atoms with Crippen LogP contribution in [-0.4, -0.2) is 11.4 Å². The molecule has 0 aliphatic carbocycles. The Hall–Kier alpha value is -1.31. The number of benzene rings is 1. The Labute approximate surface area is 79.2 Å². The molecule has 72 valence electrons. The van der Waals surface area contributed by atoms with E-state index in [2.05, 4.69) is 13.8 Å². The van der Waals surface area contributed by atoms with E-state index in [9.17, 15) is 5.11 Å². The Bertz CT molecular complexity index is 254. The highest BCUT2D eigenvalue weighted by Gasteiger charge is 2.01. The molecule has 0 amide bonds. The van der Waals surface area contributed by atoms with Crippen molar-refractivity contribution in [3.05, 3.63) is 29.8 Å². The first-order valence-electron chi connectivity index (χ1n) is 4.31. The topological polar surface area (TPSA) is 37.3 Å². The molecule has 0 radical (unpaired) electrons. The highest BCUT2D eigenvalue weighted by molar-refractivity contribution is 5.44. The van der Waals surface area contributed by atoms with Crippen LogP contribution in [0, 0.1) is 0 Å². The maximum Gasteiger partial charge on any atom is 0.119 e. The molecule has 0 atom stereocenters. The van der Waals surface area contributed by atoms with Crippen LogP contribution in [0.4, 0.5) is 0 Å². The summed E-state index contributed by atoms with van der Waals surface area (Å²) in [6.07, 6.45) is 0.750. The van der Waals surface area contributed by atoms with Crippen LogP contribution in [0.25, 0.3) is 0 Å². The Balaban J connectivity index is 0.000000424. The zero-order chi connectivity index (χ0) is 10.3. The van der Waals surface area contributed by atoms with Crippen LogP contribution in [0.3, 0.4) is 0 Å². The molecule has 0 heterocycles. The summed E-state index contributed by atoms with van der Waals surface area (Å²) in [6, 6.07) is 7.44. The number of carbonyl (C=O) groups excluding carboxylic acids is 1. The van der Waals surface area contributed by atoms with Gasteiger partial charge in [-0.3, -0.25) is 0 Å². The van der Waals surface area contributed by atoms with E-state index in [0.717, 1.165) is 11.8 Å². The molecule has 13 heavy (non-hydrogen) atoms. The van der Waals surface area contributed by atoms with Gasteiger partial charge in [-0.15, -0.1) is 0 Å². The first kappa shape index (κ1) is 11.7. The van der Waals surface area contributed by atoms with E-state index >= 15 is 0 Å². The van der Waals surface area contributed by atoms with Crippen molar-refractivity contribution in [1.82, 2.24) is 0 Å². The fourth-order valence-corrected chi connectivity index (χ4v) is 0.976. The zero-order valence-electron chi connectivity index (χ0n) is 8.32. The van der Waals surface area contributed by atoms with Crippen molar-refractivity contribution >= 4 is 6.29 Å². The van der Waals surface area contributed by atoms with Crippen molar-refractivity contribution in [2.45, 2.75) is 26.7 Å². The van der Waals surface area contributed by atoms with Gasteiger partial charge in [-0.1, -0.05) is 32.0 Å². The number of carbonyl (C=O) groups is 1. The largest absolute Gasteiger partial charge is 0.508 e. The summed E-state index contributed by atoms with van der Waals surface area (Å²) in [5, 5.41) is 9.28. The van der Waals surface area contributed by atoms with Crippen molar-refractivity contribution in [2.75, 3.05) is 0 Å². The second-order valence-electron chi connectivity index (χ2n) is 2.95. The van der Waals surface area contributed by atoms with Gasteiger partial charge in [0.2, 0.25) is 0 Å². The van der Waals surface area contributed by atoms with Crippen LogP contribution in [0.5, 0.6) is 5.75 Å². The van der Waals surface area contributed by atoms with Crippen LogP contribution in [0.15, 0.2) is 24.3 Å². The molecular weight excluding hydrogens is 164 g/mol. The third kappa shape index (κ3) is 4.31. The van der Waals surface area contributed by atoms with E-state index in [1.807, 2.05) is 18.2 Å². The average molecular weight is 180 g/mol. The molecule has 0 saturated heterocycles. The molecule has 0 aliphatic heterocycles. The molecule has 0 spiro atoms. The lowest BCUT2D eigenvalue weighted by molar-refractivity contribution is -0.106. The minimum atomic E-state index is 0.400. The molecule has 0 fully saturated rings. The van der Waals surface area contributed by atoms with Crippen LogP contribution < -0.4 is 0 Å². The first-order chi connectivity index (χ1) is 6.13. The second-order valence-corrected chi connectivity index (χ2v) is 2.95. The van der Waals surface area contributed by atoms with Crippen molar-refractivity contribution in [3.8, 4) is 5.75 Å². The normalized spacial score (nSPS) is 8.92. The lowest BCUT2D eigenvalue weighted by Gasteiger charge is -2.05. The van der Waals surface area contributed by atoms with Crippen LogP contribution >= 0.6 is 0 Å². The molecule has 2 heteroatoms. The van der Waals surface area contributed by atoms with Gasteiger partial charge in [0.25, 0.3) is 0 Å². The summed E-state index contributed by atoms with van der Waals surface area (Å²) < 4.78 is 0. The van der Waals surface area contributed by atoms with Crippen molar-refractivity contribution < 1.29 is 9.90 Å². The zero-order valence-corrected chi connectivity index (χ0v) is 8.32. The quantitative estimate of drug-likeness (QED) is 0.675. The monoisotopic (exact) mass is 180 g/mol. The summed E-state index contributed by atoms with van der Waals surface area (Å²) in [5.74, 6) is 0.804. The fourth-order valence-electron chi connectivity index (χ4n) is 0.976. The van der Waals surface area contributed by atoms with Gasteiger partial charge < -0.3 is 9.90 Å². The highest BCUT2D eigenvalue weighted by atomic mass is 16.3. The molecule has 0 unspecified atom stereocenters. The number of para-hydroxylation sites is 1. The van der Waals surface area contributed by atoms with Gasteiger partial charge in [0.05, 0.1) is 0 Å². The van der Waals surface area contributed by atoms with E-state index in [-0.39, 0.29) is 0 Å². The van der Waals surface area contributed by atoms with Crippen molar-refractivity contribution in [1.29, 1.82) is 0 Å². The number of rotatable bonds is 1. The van der Waals surface area contributed by atoms with E-state index in [1.165, 1.54) is 6.92 Å². The fraction of sp³-hybridized carbons (Fsp3) is 0.364. The Kier molecular flexibility index (Phi) is 5.60. The summed E-state index contributed by atoms with van der Waals surface area (Å²) in [5.41, 5.74) is 1.02. The molecule has 1 N–H and O–H groups in total. The van der Waals surface area contributed by atoms with Crippen LogP contribution in [-0.2, 0) is 4.79 Å². The second kappa shape index (κ2) is 6.23. The SMILES string of the molecule is CC(C)c1ccccc1O.CC=O. The Morgan fingerprint density at radius 3 is 2.08 bits per heavy atom. The standard InChI is InChI=1S/C9H12O.C2H4O/c1-7(2)8-5-3-4-6-9(8)10;1-2-3/h3-7,10H,1-2H3;2H,1H3. The van der Waals surface area contributed by atoms with Crippen molar-refractivity contribution in [2.24, 2.45) is 0 Å². The molecule has 1 aromatic rings. The number of hydrogen-bond acceptors (Lipinski definition) is 2. The molecule has 1 aromatic carbocycles. The summed E-state index contributed by atoms with van der Waals surface area (Å²) >= 11 is 0. The van der Waals surface area contributed by atoms with Crippen LogP contribution in [0.2, 0.25) is 0 Å². The lowest BCUT2D eigenvalue weighted by atomic mass is 10.0. The smallest absolute Gasteiger partial charge is 0.119 e. The predicted octanol–water partition coefficient (Wildman–Crippen LogP) is 2.72. The number of phenolic OH excluding ortho intramolecular Hbond substituents is 1.